The van der Waals surface area contributed by atoms with Crippen LogP contribution in [-0.4, -0.2) is 25.2 Å². The van der Waals surface area contributed by atoms with Gasteiger partial charge in [-0.25, -0.2) is 0 Å². The first kappa shape index (κ1) is 30.3. The maximum atomic E-state index is 13.8. The minimum absolute atomic E-state index is 0.0598. The van der Waals surface area contributed by atoms with E-state index in [2.05, 4.69) is 14.8 Å². The van der Waals surface area contributed by atoms with Crippen LogP contribution in [0.25, 0.3) is 0 Å². The van der Waals surface area contributed by atoms with Crippen molar-refractivity contribution in [3.8, 4) is 17.2 Å². The third-order valence-electron chi connectivity index (χ3n) is 6.17. The predicted molar refractivity (Wildman–Crippen MR) is 142 cm³/mol. The van der Waals surface area contributed by atoms with E-state index in [0.717, 1.165) is 24.3 Å². The average molecular weight is 590 g/mol. The average Bonchev–Trinajstić information content (AvgIpc) is 2.92. The number of hydrogen-bond donors (Lipinski definition) is 1. The number of carbonyl (C=O) groups is 1. The molecule has 0 atom stereocenters. The van der Waals surface area contributed by atoms with Gasteiger partial charge in [0.1, 0.15) is 17.2 Å². The molecule has 0 radical (unpaired) electrons. The van der Waals surface area contributed by atoms with Crippen molar-refractivity contribution in [3.63, 3.8) is 0 Å². The maximum absolute atomic E-state index is 13.8. The summed E-state index contributed by atoms with van der Waals surface area (Å²) in [7, 11) is 0. The van der Waals surface area contributed by atoms with Gasteiger partial charge in [0.25, 0.3) is 5.91 Å². The summed E-state index contributed by atoms with van der Waals surface area (Å²) >= 11 is 0. The molecule has 0 bridgehead atoms. The van der Waals surface area contributed by atoms with E-state index in [1.54, 1.807) is 49.4 Å². The molecule has 5 nitrogen and oxygen atoms in total. The first-order chi connectivity index (χ1) is 19.9. The molecule has 0 fully saturated rings. The van der Waals surface area contributed by atoms with E-state index in [1.807, 2.05) is 0 Å². The molecule has 4 aromatic rings. The molecule has 42 heavy (non-hydrogen) atoms. The molecule has 4 aromatic carbocycles. The standard InChI is InChI=1S/C31H25F6NO4/c1-2-40-25-14-6-11-22(17-25)28(39)38-29(20-21-9-4-3-5-10-21,23-12-7-15-26(18-23)41-30(32,33)34)24-13-8-16-27(19-24)42-31(35,36)37/h3-19H,2,20H2,1H3,(H,38,39). The predicted octanol–water partition coefficient (Wildman–Crippen LogP) is 7.80. The molecule has 0 aliphatic heterocycles. The van der Waals surface area contributed by atoms with Crippen LogP contribution in [0.4, 0.5) is 26.3 Å². The molecule has 0 aromatic heterocycles. The summed E-state index contributed by atoms with van der Waals surface area (Å²) in [6.45, 7) is 2.10. The first-order valence-electron chi connectivity index (χ1n) is 12.7. The molecule has 4 rings (SSSR count). The summed E-state index contributed by atoms with van der Waals surface area (Å²) in [6, 6.07) is 24.7. The number of hydrogen-bond acceptors (Lipinski definition) is 4. The van der Waals surface area contributed by atoms with Crippen molar-refractivity contribution in [2.24, 2.45) is 0 Å². The van der Waals surface area contributed by atoms with Crippen LogP contribution in [0, 0.1) is 0 Å². The molecule has 0 heterocycles. The normalized spacial score (nSPS) is 12.0. The molecular weight excluding hydrogens is 564 g/mol. The van der Waals surface area contributed by atoms with Crippen LogP contribution < -0.4 is 19.5 Å². The highest BCUT2D eigenvalue weighted by molar-refractivity contribution is 5.95. The molecule has 1 amide bonds. The molecular formula is C31H25F6NO4. The lowest BCUT2D eigenvalue weighted by Gasteiger charge is -2.37. The molecule has 0 aliphatic carbocycles. The van der Waals surface area contributed by atoms with Crippen molar-refractivity contribution in [1.29, 1.82) is 0 Å². The topological polar surface area (TPSA) is 56.8 Å². The van der Waals surface area contributed by atoms with Gasteiger partial charge in [0.2, 0.25) is 0 Å². The molecule has 0 spiro atoms. The number of ether oxygens (including phenoxy) is 3. The van der Waals surface area contributed by atoms with Gasteiger partial charge >= 0.3 is 12.7 Å². The maximum Gasteiger partial charge on any atom is 0.573 e. The van der Waals surface area contributed by atoms with Crippen molar-refractivity contribution in [2.45, 2.75) is 31.6 Å². The second-order valence-corrected chi connectivity index (χ2v) is 9.13. The quantitative estimate of drug-likeness (QED) is 0.192. The number of benzene rings is 4. The number of nitrogens with one attached hydrogen (secondary N) is 1. The minimum atomic E-state index is -5.01. The van der Waals surface area contributed by atoms with Crippen LogP contribution in [0.15, 0.2) is 103 Å². The monoisotopic (exact) mass is 589 g/mol. The van der Waals surface area contributed by atoms with Crippen LogP contribution in [0.3, 0.4) is 0 Å². The van der Waals surface area contributed by atoms with Crippen LogP contribution in [0.5, 0.6) is 17.2 Å². The number of amides is 1. The van der Waals surface area contributed by atoms with Crippen LogP contribution in [0.1, 0.15) is 34.0 Å². The van der Waals surface area contributed by atoms with Crippen molar-refractivity contribution in [2.75, 3.05) is 6.61 Å². The zero-order valence-corrected chi connectivity index (χ0v) is 22.1. The molecule has 0 saturated heterocycles. The fraction of sp³-hybridized carbons (Fsp3) is 0.194. The number of alkyl halides is 6. The molecule has 11 heteroatoms. The Morgan fingerprint density at radius 3 is 1.71 bits per heavy atom. The third kappa shape index (κ3) is 7.96. The minimum Gasteiger partial charge on any atom is -0.494 e. The van der Waals surface area contributed by atoms with E-state index >= 15 is 0 Å². The lowest BCUT2D eigenvalue weighted by atomic mass is 9.77. The Balaban J connectivity index is 1.93. The second kappa shape index (κ2) is 12.5. The molecule has 0 saturated carbocycles. The lowest BCUT2D eigenvalue weighted by Crippen LogP contribution is -2.48. The van der Waals surface area contributed by atoms with Crippen LogP contribution in [-0.2, 0) is 12.0 Å². The highest BCUT2D eigenvalue weighted by atomic mass is 19.4. The largest absolute Gasteiger partial charge is 0.573 e. The molecule has 0 aliphatic rings. The highest BCUT2D eigenvalue weighted by Crippen LogP contribution is 2.38. The highest BCUT2D eigenvalue weighted by Gasteiger charge is 2.39. The van der Waals surface area contributed by atoms with E-state index in [-0.39, 0.29) is 23.1 Å². The van der Waals surface area contributed by atoms with E-state index in [4.69, 9.17) is 4.74 Å². The van der Waals surface area contributed by atoms with E-state index < -0.39 is 35.7 Å². The van der Waals surface area contributed by atoms with Gasteiger partial charge in [0, 0.05) is 12.0 Å². The van der Waals surface area contributed by atoms with Crippen LogP contribution in [0.2, 0.25) is 0 Å². The van der Waals surface area contributed by atoms with Crippen LogP contribution >= 0.6 is 0 Å². The number of carbonyl (C=O) groups excluding carboxylic acids is 1. The lowest BCUT2D eigenvalue weighted by molar-refractivity contribution is -0.275. The fourth-order valence-corrected chi connectivity index (χ4v) is 4.54. The van der Waals surface area contributed by atoms with Gasteiger partial charge in [-0.3, -0.25) is 4.79 Å². The Hall–Kier alpha value is -4.67. The summed E-state index contributed by atoms with van der Waals surface area (Å²) < 4.78 is 92.7. The van der Waals surface area contributed by atoms with Gasteiger partial charge in [0.15, 0.2) is 0 Å². The summed E-state index contributed by atoms with van der Waals surface area (Å²) in [6.07, 6.45) is -10.1. The van der Waals surface area contributed by atoms with E-state index in [0.29, 0.717) is 17.9 Å². The number of rotatable bonds is 10. The Morgan fingerprint density at radius 1 is 0.667 bits per heavy atom. The summed E-state index contributed by atoms with van der Waals surface area (Å²) in [5, 5.41) is 2.91. The fourth-order valence-electron chi connectivity index (χ4n) is 4.54. The SMILES string of the molecule is CCOc1cccc(C(=O)NC(Cc2ccccc2)(c2cccc(OC(F)(F)F)c2)c2cccc(OC(F)(F)F)c2)c1. The zero-order chi connectivity index (χ0) is 30.4. The molecule has 1 N–H and O–H groups in total. The van der Waals surface area contributed by atoms with Crippen molar-refractivity contribution >= 4 is 5.91 Å². The summed E-state index contributed by atoms with van der Waals surface area (Å²) in [5.41, 5.74) is -0.678. The van der Waals surface area contributed by atoms with Crippen molar-refractivity contribution < 1.29 is 45.3 Å². The van der Waals surface area contributed by atoms with Gasteiger partial charge in [-0.1, -0.05) is 60.7 Å². The Kier molecular flexibility index (Phi) is 8.99. The zero-order valence-electron chi connectivity index (χ0n) is 22.1. The molecule has 220 valence electrons. The molecule has 0 unspecified atom stereocenters. The summed E-state index contributed by atoms with van der Waals surface area (Å²) in [4.78, 5) is 13.8. The number of halogens is 6. The Bertz CT molecular complexity index is 1450. The van der Waals surface area contributed by atoms with Crippen molar-refractivity contribution in [1.82, 2.24) is 5.32 Å². The first-order valence-corrected chi connectivity index (χ1v) is 12.7. The van der Waals surface area contributed by atoms with Gasteiger partial charge in [-0.05, 0) is 66.1 Å². The second-order valence-electron chi connectivity index (χ2n) is 9.13. The van der Waals surface area contributed by atoms with Gasteiger partial charge in [-0.2, -0.15) is 0 Å². The van der Waals surface area contributed by atoms with Crippen molar-refractivity contribution in [3.05, 3.63) is 125 Å². The Labute approximate surface area is 237 Å². The summed E-state index contributed by atoms with van der Waals surface area (Å²) in [5.74, 6) is -1.41. The van der Waals surface area contributed by atoms with E-state index in [9.17, 15) is 31.1 Å². The van der Waals surface area contributed by atoms with Gasteiger partial charge in [-0.15, -0.1) is 26.3 Å². The van der Waals surface area contributed by atoms with Gasteiger partial charge < -0.3 is 19.5 Å². The smallest absolute Gasteiger partial charge is 0.494 e. The third-order valence-corrected chi connectivity index (χ3v) is 6.17. The Morgan fingerprint density at radius 2 is 1.19 bits per heavy atom. The van der Waals surface area contributed by atoms with Gasteiger partial charge in [0.05, 0.1) is 12.1 Å². The van der Waals surface area contributed by atoms with E-state index in [1.165, 1.54) is 36.4 Å².